The number of nitrogens with zero attached hydrogens (tertiary/aromatic N) is 2. The lowest BCUT2D eigenvalue weighted by Gasteiger charge is -2.36. The van der Waals surface area contributed by atoms with Crippen LogP contribution in [0.2, 0.25) is 5.02 Å². The van der Waals surface area contributed by atoms with Crippen molar-refractivity contribution in [2.75, 3.05) is 13.1 Å². The van der Waals surface area contributed by atoms with Crippen molar-refractivity contribution in [3.05, 3.63) is 69.6 Å². The number of piperidine rings is 1. The summed E-state index contributed by atoms with van der Waals surface area (Å²) in [5.41, 5.74) is 2.06. The van der Waals surface area contributed by atoms with Crippen LogP contribution in [-0.2, 0) is 4.79 Å². The fourth-order valence-electron chi connectivity index (χ4n) is 4.49. The van der Waals surface area contributed by atoms with E-state index in [-0.39, 0.29) is 29.5 Å². The number of carbonyl (C=O) groups excluding carboxylic acids is 2. The van der Waals surface area contributed by atoms with E-state index in [1.54, 1.807) is 24.3 Å². The van der Waals surface area contributed by atoms with Crippen LogP contribution in [0.5, 0.6) is 0 Å². The lowest BCUT2D eigenvalue weighted by molar-refractivity contribution is -0.135. The molecule has 0 saturated carbocycles. The second-order valence-electron chi connectivity index (χ2n) is 8.72. The van der Waals surface area contributed by atoms with E-state index in [0.717, 1.165) is 17.5 Å². The molecular weight excluding hydrogens is 440 g/mol. The van der Waals surface area contributed by atoms with Gasteiger partial charge in [0.05, 0.1) is 11.0 Å². The van der Waals surface area contributed by atoms with Crippen molar-refractivity contribution in [1.29, 1.82) is 0 Å². The summed E-state index contributed by atoms with van der Waals surface area (Å²) < 4.78 is 1.81. The third-order valence-electron chi connectivity index (χ3n) is 6.64. The molecule has 7 nitrogen and oxygen atoms in total. The number of para-hydroxylation sites is 2. The van der Waals surface area contributed by atoms with E-state index in [2.05, 4.69) is 10.3 Å². The van der Waals surface area contributed by atoms with Gasteiger partial charge in [0.2, 0.25) is 5.91 Å². The van der Waals surface area contributed by atoms with Crippen molar-refractivity contribution in [2.45, 2.75) is 45.2 Å². The first-order valence-corrected chi connectivity index (χ1v) is 11.8. The van der Waals surface area contributed by atoms with Crippen molar-refractivity contribution in [3.63, 3.8) is 0 Å². The van der Waals surface area contributed by atoms with Crippen LogP contribution in [0.15, 0.2) is 53.3 Å². The first-order chi connectivity index (χ1) is 15.9. The fourth-order valence-corrected chi connectivity index (χ4v) is 4.61. The number of fused-ring (bicyclic) bond motifs is 1. The van der Waals surface area contributed by atoms with Crippen LogP contribution in [0, 0.1) is 5.92 Å². The lowest BCUT2D eigenvalue weighted by Crippen LogP contribution is -2.53. The molecular formula is C25H29ClN4O3. The Morgan fingerprint density at radius 2 is 1.79 bits per heavy atom. The number of aromatic nitrogens is 2. The van der Waals surface area contributed by atoms with Gasteiger partial charge in [-0.2, -0.15) is 0 Å². The topological polar surface area (TPSA) is 87.2 Å². The predicted molar refractivity (Wildman–Crippen MR) is 130 cm³/mol. The van der Waals surface area contributed by atoms with Gasteiger partial charge in [-0.25, -0.2) is 4.79 Å². The van der Waals surface area contributed by atoms with E-state index < -0.39 is 6.04 Å². The number of benzene rings is 2. The molecule has 1 aromatic heterocycles. The van der Waals surface area contributed by atoms with Crippen LogP contribution >= 0.6 is 11.6 Å². The van der Waals surface area contributed by atoms with Gasteiger partial charge in [0.25, 0.3) is 5.91 Å². The number of carbonyl (C=O) groups is 2. The summed E-state index contributed by atoms with van der Waals surface area (Å²) >= 11 is 5.92. The third kappa shape index (κ3) is 4.83. The van der Waals surface area contributed by atoms with Crippen LogP contribution in [0.4, 0.5) is 0 Å². The molecule has 3 aromatic rings. The molecule has 1 aliphatic heterocycles. The highest BCUT2D eigenvalue weighted by atomic mass is 35.5. The van der Waals surface area contributed by atoms with Gasteiger partial charge in [-0.3, -0.25) is 14.2 Å². The number of hydrogen-bond donors (Lipinski definition) is 2. The maximum Gasteiger partial charge on any atom is 0.326 e. The van der Waals surface area contributed by atoms with Gasteiger partial charge in [0.15, 0.2) is 0 Å². The number of likely N-dealkylation sites (tertiary alicyclic amines) is 1. The van der Waals surface area contributed by atoms with Gasteiger partial charge in [-0.1, -0.05) is 44.0 Å². The molecule has 0 bridgehead atoms. The summed E-state index contributed by atoms with van der Waals surface area (Å²) in [4.78, 5) is 43.4. The highest BCUT2D eigenvalue weighted by molar-refractivity contribution is 6.30. The molecule has 0 aliphatic carbocycles. The number of halogens is 1. The molecule has 0 unspecified atom stereocenters. The highest BCUT2D eigenvalue weighted by Crippen LogP contribution is 2.26. The first kappa shape index (κ1) is 23.1. The van der Waals surface area contributed by atoms with Crippen molar-refractivity contribution < 1.29 is 9.59 Å². The van der Waals surface area contributed by atoms with Crippen molar-refractivity contribution in [3.8, 4) is 0 Å². The molecule has 2 amide bonds. The van der Waals surface area contributed by atoms with E-state index >= 15 is 0 Å². The minimum absolute atomic E-state index is 0.0114. The number of hydrogen-bond acceptors (Lipinski definition) is 3. The maximum atomic E-state index is 13.4. The van der Waals surface area contributed by atoms with Crippen LogP contribution in [0.25, 0.3) is 11.0 Å². The monoisotopic (exact) mass is 468 g/mol. The number of amides is 2. The van der Waals surface area contributed by atoms with Gasteiger partial charge >= 0.3 is 5.69 Å². The average molecular weight is 469 g/mol. The highest BCUT2D eigenvalue weighted by Gasteiger charge is 2.33. The average Bonchev–Trinajstić information content (AvgIpc) is 3.17. The molecule has 1 saturated heterocycles. The Labute approximate surface area is 197 Å². The van der Waals surface area contributed by atoms with Gasteiger partial charge < -0.3 is 15.2 Å². The largest absolute Gasteiger partial charge is 0.341 e. The van der Waals surface area contributed by atoms with E-state index in [4.69, 9.17) is 11.6 Å². The summed E-state index contributed by atoms with van der Waals surface area (Å²) in [7, 11) is 0. The van der Waals surface area contributed by atoms with E-state index in [1.807, 2.05) is 47.6 Å². The summed E-state index contributed by atoms with van der Waals surface area (Å²) in [6.07, 6.45) is 2.14. The van der Waals surface area contributed by atoms with Gasteiger partial charge in [0.1, 0.15) is 6.04 Å². The molecule has 33 heavy (non-hydrogen) atoms. The van der Waals surface area contributed by atoms with E-state index in [9.17, 15) is 14.4 Å². The molecule has 8 heteroatoms. The van der Waals surface area contributed by atoms with Crippen LogP contribution in [0.3, 0.4) is 0 Å². The van der Waals surface area contributed by atoms with Crippen LogP contribution < -0.4 is 11.0 Å². The molecule has 2 heterocycles. The Balaban J connectivity index is 1.45. The molecule has 2 aromatic carbocycles. The first-order valence-electron chi connectivity index (χ1n) is 11.4. The second-order valence-corrected chi connectivity index (χ2v) is 9.15. The SMILES string of the molecule is CC[C@H](C)[C@H](NC(=O)c1ccc(Cl)cc1)C(=O)N1CCC(n2c(=O)[nH]c3ccccc32)CC1. The third-order valence-corrected chi connectivity index (χ3v) is 6.89. The number of H-pyrrole nitrogens is 1. The molecule has 2 atom stereocenters. The van der Waals surface area contributed by atoms with Gasteiger partial charge in [0, 0.05) is 29.7 Å². The fraction of sp³-hybridized carbons (Fsp3) is 0.400. The van der Waals surface area contributed by atoms with Crippen LogP contribution in [-0.4, -0.2) is 45.4 Å². The van der Waals surface area contributed by atoms with Crippen molar-refractivity contribution >= 4 is 34.4 Å². The number of aromatic amines is 1. The molecule has 0 radical (unpaired) electrons. The Bertz CT molecular complexity index is 1190. The maximum absolute atomic E-state index is 13.4. The summed E-state index contributed by atoms with van der Waals surface area (Å²) in [5, 5.41) is 3.49. The smallest absolute Gasteiger partial charge is 0.326 e. The minimum atomic E-state index is -0.606. The van der Waals surface area contributed by atoms with Gasteiger partial charge in [-0.15, -0.1) is 0 Å². The predicted octanol–water partition coefficient (Wildman–Crippen LogP) is 3.99. The standard InChI is InChI=1S/C25H29ClN4O3/c1-3-16(2)22(28-23(31)17-8-10-18(26)11-9-17)24(32)29-14-12-19(13-15-29)30-21-7-5-4-6-20(21)27-25(30)33/h4-11,16,19,22H,3,12-15H2,1-2H3,(H,27,33)(H,28,31)/t16-,22-/m0/s1. The zero-order chi connectivity index (χ0) is 23.5. The summed E-state index contributed by atoms with van der Waals surface area (Å²) in [6.45, 7) is 5.07. The number of imidazole rings is 1. The Kier molecular flexibility index (Phi) is 6.88. The Hall–Kier alpha value is -3.06. The molecule has 174 valence electrons. The lowest BCUT2D eigenvalue weighted by atomic mass is 9.95. The molecule has 1 aliphatic rings. The number of nitrogens with one attached hydrogen (secondary N) is 2. The minimum Gasteiger partial charge on any atom is -0.341 e. The number of rotatable bonds is 6. The molecule has 4 rings (SSSR count). The summed E-state index contributed by atoms with van der Waals surface area (Å²) in [5.74, 6) is -0.371. The molecule has 0 spiro atoms. The van der Waals surface area contributed by atoms with Crippen molar-refractivity contribution in [2.24, 2.45) is 5.92 Å². The molecule has 2 N–H and O–H groups in total. The molecule has 1 fully saturated rings. The second kappa shape index (κ2) is 9.83. The quantitative estimate of drug-likeness (QED) is 0.573. The summed E-state index contributed by atoms with van der Waals surface area (Å²) in [6, 6.07) is 13.7. The van der Waals surface area contributed by atoms with Gasteiger partial charge in [-0.05, 0) is 55.2 Å². The van der Waals surface area contributed by atoms with E-state index in [0.29, 0.717) is 36.5 Å². The zero-order valence-corrected chi connectivity index (χ0v) is 19.6. The normalized spacial score (nSPS) is 16.5. The van der Waals surface area contributed by atoms with E-state index in [1.165, 1.54) is 0 Å². The zero-order valence-electron chi connectivity index (χ0n) is 18.9. The Morgan fingerprint density at radius 3 is 2.45 bits per heavy atom. The van der Waals surface area contributed by atoms with Crippen molar-refractivity contribution in [1.82, 2.24) is 19.8 Å². The Morgan fingerprint density at radius 1 is 1.12 bits per heavy atom. The van der Waals surface area contributed by atoms with Crippen LogP contribution in [0.1, 0.15) is 49.5 Å².